The molecule has 2 aromatic rings. The van der Waals surface area contributed by atoms with Gasteiger partial charge in [0.2, 0.25) is 0 Å². The van der Waals surface area contributed by atoms with Gasteiger partial charge in [0.15, 0.2) is 5.60 Å². The zero-order chi connectivity index (χ0) is 16.4. The Morgan fingerprint density at radius 1 is 1.48 bits per heavy atom. The van der Waals surface area contributed by atoms with Crippen LogP contribution in [0.2, 0.25) is 5.02 Å². The molecular weight excluding hydrogens is 316 g/mol. The number of amides is 1. The molecule has 1 fully saturated rings. The summed E-state index contributed by atoms with van der Waals surface area (Å²) in [6.45, 7) is 2.64. The highest BCUT2D eigenvalue weighted by Crippen LogP contribution is 2.27. The molecule has 1 aliphatic rings. The summed E-state index contributed by atoms with van der Waals surface area (Å²) in [5.74, 6) is -0.261. The topological polar surface area (TPSA) is 74.4 Å². The maximum Gasteiger partial charge on any atom is 0.254 e. The molecule has 3 rings (SSSR count). The van der Waals surface area contributed by atoms with Crippen LogP contribution >= 0.6 is 11.6 Å². The van der Waals surface area contributed by atoms with Crippen LogP contribution in [0.5, 0.6) is 0 Å². The van der Waals surface area contributed by atoms with Crippen LogP contribution in [-0.4, -0.2) is 34.8 Å². The quantitative estimate of drug-likeness (QED) is 0.785. The first-order chi connectivity index (χ1) is 11.1. The van der Waals surface area contributed by atoms with Crippen molar-refractivity contribution in [1.29, 1.82) is 0 Å². The molecule has 1 aromatic heterocycles. The van der Waals surface area contributed by atoms with Gasteiger partial charge in [-0.1, -0.05) is 18.5 Å². The van der Waals surface area contributed by atoms with E-state index in [2.05, 4.69) is 17.2 Å². The molecule has 5 nitrogen and oxygen atoms in total. The standard InChI is InChI=1S/C17H21ClN2O3/c1-2-11-8-15-12(7-14(11)18)6-13(20-15)9-19-16(22)17(10-21)4-3-5-23-17/h6-8,20-21H,2-5,9-10H2,1H3,(H,19,22). The number of hydrogen-bond acceptors (Lipinski definition) is 3. The molecule has 0 radical (unpaired) electrons. The van der Waals surface area contributed by atoms with Gasteiger partial charge in [-0.05, 0) is 43.0 Å². The molecule has 1 unspecified atom stereocenters. The number of aliphatic hydroxyl groups is 1. The number of aromatic amines is 1. The van der Waals surface area contributed by atoms with Gasteiger partial charge in [-0.3, -0.25) is 4.79 Å². The zero-order valence-electron chi connectivity index (χ0n) is 13.1. The van der Waals surface area contributed by atoms with E-state index in [1.165, 1.54) is 0 Å². The number of halogens is 1. The molecule has 6 heteroatoms. The lowest BCUT2D eigenvalue weighted by Crippen LogP contribution is -2.48. The van der Waals surface area contributed by atoms with E-state index in [9.17, 15) is 9.90 Å². The number of carbonyl (C=O) groups excluding carboxylic acids is 1. The molecule has 2 heterocycles. The van der Waals surface area contributed by atoms with Crippen LogP contribution in [0.3, 0.4) is 0 Å². The molecule has 3 N–H and O–H groups in total. The third kappa shape index (κ3) is 3.09. The van der Waals surface area contributed by atoms with Crippen molar-refractivity contribution in [1.82, 2.24) is 10.3 Å². The first-order valence-corrected chi connectivity index (χ1v) is 8.29. The number of aryl methyl sites for hydroxylation is 1. The summed E-state index contributed by atoms with van der Waals surface area (Å²) in [5.41, 5.74) is 1.91. The molecule has 0 bridgehead atoms. The summed E-state index contributed by atoms with van der Waals surface area (Å²) in [7, 11) is 0. The van der Waals surface area contributed by atoms with Crippen molar-refractivity contribution in [3.63, 3.8) is 0 Å². The average molecular weight is 337 g/mol. The smallest absolute Gasteiger partial charge is 0.254 e. The van der Waals surface area contributed by atoms with E-state index in [4.69, 9.17) is 16.3 Å². The minimum absolute atomic E-state index is 0.261. The number of rotatable bonds is 5. The lowest BCUT2D eigenvalue weighted by molar-refractivity contribution is -0.146. The molecule has 0 spiro atoms. The summed E-state index contributed by atoms with van der Waals surface area (Å²) in [6, 6.07) is 5.95. The molecule has 124 valence electrons. The van der Waals surface area contributed by atoms with Crippen molar-refractivity contribution in [2.75, 3.05) is 13.2 Å². The van der Waals surface area contributed by atoms with Gasteiger partial charge in [-0.25, -0.2) is 0 Å². The number of fused-ring (bicyclic) bond motifs is 1. The zero-order valence-corrected chi connectivity index (χ0v) is 13.9. The van der Waals surface area contributed by atoms with Crippen LogP contribution in [0.4, 0.5) is 0 Å². The largest absolute Gasteiger partial charge is 0.393 e. The van der Waals surface area contributed by atoms with Crippen molar-refractivity contribution in [2.45, 2.75) is 38.3 Å². The third-order valence-electron chi connectivity index (χ3n) is 4.44. The fourth-order valence-corrected chi connectivity index (χ4v) is 3.34. The highest BCUT2D eigenvalue weighted by Gasteiger charge is 2.42. The SMILES string of the molecule is CCc1cc2[nH]c(CNC(=O)C3(CO)CCCO3)cc2cc1Cl. The van der Waals surface area contributed by atoms with Gasteiger partial charge in [0.1, 0.15) is 0 Å². The van der Waals surface area contributed by atoms with Crippen LogP contribution in [0, 0.1) is 0 Å². The molecule has 0 aliphatic carbocycles. The molecule has 1 amide bonds. The first kappa shape index (κ1) is 16.3. The van der Waals surface area contributed by atoms with Crippen molar-refractivity contribution in [2.24, 2.45) is 0 Å². The van der Waals surface area contributed by atoms with Gasteiger partial charge >= 0.3 is 0 Å². The summed E-state index contributed by atoms with van der Waals surface area (Å²) < 4.78 is 5.46. The Hall–Kier alpha value is -1.56. The Kier molecular flexibility index (Phi) is 4.62. The van der Waals surface area contributed by atoms with Crippen molar-refractivity contribution >= 4 is 28.4 Å². The monoisotopic (exact) mass is 336 g/mol. The molecule has 1 saturated heterocycles. The van der Waals surface area contributed by atoms with Crippen LogP contribution in [0.1, 0.15) is 31.0 Å². The van der Waals surface area contributed by atoms with Crippen molar-refractivity contribution in [3.8, 4) is 0 Å². The first-order valence-electron chi connectivity index (χ1n) is 7.91. The van der Waals surface area contributed by atoms with Gasteiger partial charge in [-0.2, -0.15) is 0 Å². The summed E-state index contributed by atoms with van der Waals surface area (Å²) >= 11 is 6.24. The average Bonchev–Trinajstić information content (AvgIpc) is 3.18. The highest BCUT2D eigenvalue weighted by molar-refractivity contribution is 6.32. The Bertz CT molecular complexity index is 720. The minimum atomic E-state index is -1.08. The van der Waals surface area contributed by atoms with Crippen molar-refractivity contribution < 1.29 is 14.6 Å². The van der Waals surface area contributed by atoms with E-state index < -0.39 is 5.60 Å². The molecule has 23 heavy (non-hydrogen) atoms. The van der Waals surface area contributed by atoms with E-state index >= 15 is 0 Å². The second-order valence-corrected chi connectivity index (χ2v) is 6.37. The van der Waals surface area contributed by atoms with Crippen LogP contribution in [0.25, 0.3) is 10.9 Å². The van der Waals surface area contributed by atoms with E-state index in [1.54, 1.807) is 0 Å². The van der Waals surface area contributed by atoms with Gasteiger partial charge in [0.25, 0.3) is 5.91 Å². The maximum absolute atomic E-state index is 12.3. The number of hydrogen-bond donors (Lipinski definition) is 3. The maximum atomic E-state index is 12.3. The number of carbonyl (C=O) groups is 1. The lowest BCUT2D eigenvalue weighted by atomic mass is 10.0. The predicted octanol–water partition coefficient (Wildman–Crippen LogP) is 2.54. The lowest BCUT2D eigenvalue weighted by Gasteiger charge is -2.24. The van der Waals surface area contributed by atoms with Gasteiger partial charge in [0.05, 0.1) is 13.2 Å². The molecule has 1 aromatic carbocycles. The number of aliphatic hydroxyl groups excluding tert-OH is 1. The summed E-state index contributed by atoms with van der Waals surface area (Å²) in [6.07, 6.45) is 2.21. The number of benzene rings is 1. The fraction of sp³-hybridized carbons (Fsp3) is 0.471. The Labute approximate surface area is 140 Å². The van der Waals surface area contributed by atoms with E-state index in [1.807, 2.05) is 18.2 Å². The minimum Gasteiger partial charge on any atom is -0.393 e. The molecule has 0 saturated carbocycles. The number of ether oxygens (including phenoxy) is 1. The number of nitrogens with one attached hydrogen (secondary N) is 2. The molecule has 1 atom stereocenters. The molecular formula is C17H21ClN2O3. The second kappa shape index (κ2) is 6.51. The number of H-pyrrole nitrogens is 1. The number of aromatic nitrogens is 1. The van der Waals surface area contributed by atoms with Gasteiger partial charge < -0.3 is 20.1 Å². The van der Waals surface area contributed by atoms with Crippen molar-refractivity contribution in [3.05, 3.63) is 34.5 Å². The summed E-state index contributed by atoms with van der Waals surface area (Å²) in [5, 5.41) is 14.1. The fourth-order valence-electron chi connectivity index (χ4n) is 3.03. The van der Waals surface area contributed by atoms with E-state index in [-0.39, 0.29) is 12.5 Å². The Morgan fingerprint density at radius 2 is 2.30 bits per heavy atom. The third-order valence-corrected chi connectivity index (χ3v) is 4.79. The Morgan fingerprint density at radius 3 is 2.96 bits per heavy atom. The summed E-state index contributed by atoms with van der Waals surface area (Å²) in [4.78, 5) is 15.6. The van der Waals surface area contributed by atoms with Crippen LogP contribution in [-0.2, 0) is 22.5 Å². The second-order valence-electron chi connectivity index (χ2n) is 5.97. The van der Waals surface area contributed by atoms with Gasteiger partial charge in [-0.15, -0.1) is 0 Å². The molecule has 1 aliphatic heterocycles. The predicted molar refractivity (Wildman–Crippen MR) is 89.5 cm³/mol. The highest BCUT2D eigenvalue weighted by atomic mass is 35.5. The van der Waals surface area contributed by atoms with E-state index in [0.717, 1.165) is 40.0 Å². The normalized spacial score (nSPS) is 21.0. The van der Waals surface area contributed by atoms with Gasteiger partial charge in [0, 0.05) is 28.2 Å². The van der Waals surface area contributed by atoms with Crippen LogP contribution < -0.4 is 5.32 Å². The van der Waals surface area contributed by atoms with Crippen LogP contribution in [0.15, 0.2) is 18.2 Å². The Balaban J connectivity index is 1.73. The van der Waals surface area contributed by atoms with E-state index in [0.29, 0.717) is 19.6 Å².